The summed E-state index contributed by atoms with van der Waals surface area (Å²) in [6, 6.07) is 15.2. The van der Waals surface area contributed by atoms with Crippen molar-refractivity contribution in [3.63, 3.8) is 0 Å². The quantitative estimate of drug-likeness (QED) is 0.660. The van der Waals surface area contributed by atoms with Gasteiger partial charge in [0.25, 0.3) is 0 Å². The third kappa shape index (κ3) is 4.04. The van der Waals surface area contributed by atoms with Crippen molar-refractivity contribution in [2.24, 2.45) is 5.41 Å². The van der Waals surface area contributed by atoms with Gasteiger partial charge in [-0.2, -0.15) is 0 Å². The lowest BCUT2D eigenvalue weighted by Crippen LogP contribution is -2.60. The second-order valence-electron chi connectivity index (χ2n) is 10.1. The Morgan fingerprint density at radius 2 is 1.65 bits per heavy atom. The van der Waals surface area contributed by atoms with Gasteiger partial charge in [-0.05, 0) is 47.4 Å². The Labute approximate surface area is 200 Å². The van der Waals surface area contributed by atoms with E-state index in [9.17, 15) is 19.5 Å². The molecule has 2 atom stereocenters. The highest BCUT2D eigenvalue weighted by atomic mass is 16.5. The number of carboxylic acid groups (broad SMARTS) is 1. The van der Waals surface area contributed by atoms with E-state index in [0.717, 1.165) is 22.3 Å². The van der Waals surface area contributed by atoms with E-state index in [0.29, 0.717) is 19.4 Å². The second kappa shape index (κ2) is 8.78. The number of amides is 2. The average Bonchev–Trinajstić information content (AvgIpc) is 3.31. The Morgan fingerprint density at radius 3 is 2.18 bits per heavy atom. The first-order valence-electron chi connectivity index (χ1n) is 11.8. The van der Waals surface area contributed by atoms with E-state index in [4.69, 9.17) is 4.74 Å². The van der Waals surface area contributed by atoms with E-state index in [-0.39, 0.29) is 12.5 Å². The first-order valence-corrected chi connectivity index (χ1v) is 11.8. The molecule has 2 unspecified atom stereocenters. The zero-order valence-corrected chi connectivity index (χ0v) is 20.1. The van der Waals surface area contributed by atoms with Crippen molar-refractivity contribution in [2.45, 2.75) is 58.0 Å². The summed E-state index contributed by atoms with van der Waals surface area (Å²) in [4.78, 5) is 39.6. The summed E-state index contributed by atoms with van der Waals surface area (Å²) in [5, 5.41) is 12.5. The lowest BCUT2D eigenvalue weighted by Gasteiger charge is -2.36. The van der Waals surface area contributed by atoms with E-state index < -0.39 is 35.0 Å². The normalized spacial score (nSPS) is 20.2. The predicted molar refractivity (Wildman–Crippen MR) is 128 cm³/mol. The van der Waals surface area contributed by atoms with Gasteiger partial charge in [0.1, 0.15) is 18.2 Å². The number of hydrogen-bond donors (Lipinski definition) is 2. The van der Waals surface area contributed by atoms with Gasteiger partial charge in [0, 0.05) is 12.5 Å². The number of carbonyl (C=O) groups excluding carboxylic acids is 2. The summed E-state index contributed by atoms with van der Waals surface area (Å²) in [6.45, 7) is 7.59. The number of alkyl carbamates (subject to hydrolysis) is 1. The fourth-order valence-electron chi connectivity index (χ4n) is 5.25. The summed E-state index contributed by atoms with van der Waals surface area (Å²) in [5.41, 5.74) is 2.68. The lowest BCUT2D eigenvalue weighted by atomic mass is 9.84. The van der Waals surface area contributed by atoms with E-state index in [2.05, 4.69) is 17.4 Å². The number of carbonyl (C=O) groups is 3. The highest BCUT2D eigenvalue weighted by Crippen LogP contribution is 2.44. The summed E-state index contributed by atoms with van der Waals surface area (Å²) in [7, 11) is 0. The predicted octanol–water partition coefficient (Wildman–Crippen LogP) is 4.41. The van der Waals surface area contributed by atoms with Crippen LogP contribution in [0.25, 0.3) is 11.1 Å². The lowest BCUT2D eigenvalue weighted by molar-refractivity contribution is -0.153. The fraction of sp³-hybridized carbons (Fsp3) is 0.444. The zero-order valence-electron chi connectivity index (χ0n) is 20.1. The molecule has 7 nitrogen and oxygen atoms in total. The third-order valence-corrected chi connectivity index (χ3v) is 7.44. The van der Waals surface area contributed by atoms with E-state index >= 15 is 0 Å². The number of carboxylic acids is 1. The van der Waals surface area contributed by atoms with Crippen LogP contribution in [0.3, 0.4) is 0 Å². The minimum atomic E-state index is -1.27. The maximum Gasteiger partial charge on any atom is 0.408 e. The van der Waals surface area contributed by atoms with Gasteiger partial charge >= 0.3 is 12.1 Å². The average molecular weight is 465 g/mol. The van der Waals surface area contributed by atoms with Crippen LogP contribution in [0, 0.1) is 5.41 Å². The summed E-state index contributed by atoms with van der Waals surface area (Å²) in [5.74, 6) is -1.52. The molecule has 0 bridgehead atoms. The van der Waals surface area contributed by atoms with Crippen LogP contribution in [0.2, 0.25) is 0 Å². The third-order valence-electron chi connectivity index (χ3n) is 7.44. The number of nitrogens with one attached hydrogen (secondary N) is 1. The maximum atomic E-state index is 13.4. The van der Waals surface area contributed by atoms with Crippen LogP contribution in [0.4, 0.5) is 4.79 Å². The molecule has 1 aliphatic carbocycles. The molecule has 2 aromatic carbocycles. The molecule has 0 saturated carbocycles. The Morgan fingerprint density at radius 1 is 1.09 bits per heavy atom. The van der Waals surface area contributed by atoms with Crippen molar-refractivity contribution >= 4 is 18.0 Å². The van der Waals surface area contributed by atoms with E-state index in [1.54, 1.807) is 13.8 Å². The topological polar surface area (TPSA) is 95.9 Å². The molecule has 1 aliphatic heterocycles. The van der Waals surface area contributed by atoms with Crippen LogP contribution in [0.5, 0.6) is 0 Å². The number of fused-ring (bicyclic) bond motifs is 3. The molecule has 1 fully saturated rings. The van der Waals surface area contributed by atoms with E-state index in [1.807, 2.05) is 50.2 Å². The molecule has 7 heteroatoms. The zero-order chi connectivity index (χ0) is 24.7. The number of hydrogen-bond acceptors (Lipinski definition) is 4. The van der Waals surface area contributed by atoms with Gasteiger partial charge in [0.2, 0.25) is 5.91 Å². The smallest absolute Gasteiger partial charge is 0.408 e. The molecule has 0 aromatic heterocycles. The van der Waals surface area contributed by atoms with Crippen LogP contribution in [-0.4, -0.2) is 52.7 Å². The van der Waals surface area contributed by atoms with Crippen molar-refractivity contribution in [3.8, 4) is 11.1 Å². The number of likely N-dealkylation sites (tertiary alicyclic amines) is 1. The SMILES string of the molecule is CCC(C)(NC(=O)OCC1c2ccccc2-c2ccccc21)C(=O)N1CCC(C)(C)C1C(=O)O. The number of rotatable bonds is 6. The first-order chi connectivity index (χ1) is 16.1. The maximum absolute atomic E-state index is 13.4. The van der Waals surface area contributed by atoms with Gasteiger partial charge in [0.15, 0.2) is 0 Å². The van der Waals surface area contributed by atoms with Crippen molar-refractivity contribution in [3.05, 3.63) is 59.7 Å². The summed E-state index contributed by atoms with van der Waals surface area (Å²) < 4.78 is 5.63. The number of benzene rings is 2. The van der Waals surface area contributed by atoms with Crippen LogP contribution in [0.15, 0.2) is 48.5 Å². The van der Waals surface area contributed by atoms with Crippen LogP contribution >= 0.6 is 0 Å². The van der Waals surface area contributed by atoms with E-state index in [1.165, 1.54) is 4.90 Å². The summed E-state index contributed by atoms with van der Waals surface area (Å²) >= 11 is 0. The highest BCUT2D eigenvalue weighted by molar-refractivity contribution is 5.93. The van der Waals surface area contributed by atoms with Gasteiger partial charge in [-0.25, -0.2) is 9.59 Å². The minimum Gasteiger partial charge on any atom is -0.480 e. The van der Waals surface area contributed by atoms with Crippen LogP contribution in [0.1, 0.15) is 57.6 Å². The Kier molecular flexibility index (Phi) is 6.14. The Hall–Kier alpha value is -3.35. The molecule has 2 aliphatic rings. The van der Waals surface area contributed by atoms with Crippen molar-refractivity contribution in [2.75, 3.05) is 13.2 Å². The molecule has 1 saturated heterocycles. The van der Waals surface area contributed by atoms with Gasteiger partial charge in [0.05, 0.1) is 0 Å². The Balaban J connectivity index is 1.47. The molecular weight excluding hydrogens is 432 g/mol. The number of nitrogens with zero attached hydrogens (tertiary/aromatic N) is 1. The molecule has 0 spiro atoms. The molecule has 1 heterocycles. The van der Waals surface area contributed by atoms with Crippen molar-refractivity contribution in [1.82, 2.24) is 10.2 Å². The molecule has 34 heavy (non-hydrogen) atoms. The standard InChI is InChI=1S/C27H32N2O5/c1-5-27(4,24(32)29-15-14-26(2,3)22(29)23(30)31)28-25(33)34-16-21-19-12-8-6-10-17(19)18-11-7-9-13-20(18)21/h6-13,21-22H,5,14-16H2,1-4H3,(H,28,33)(H,30,31). The van der Waals surface area contributed by atoms with Crippen LogP contribution in [-0.2, 0) is 14.3 Å². The van der Waals surface area contributed by atoms with Crippen molar-refractivity contribution in [1.29, 1.82) is 0 Å². The molecule has 2 amide bonds. The molecule has 2 aromatic rings. The van der Waals surface area contributed by atoms with Crippen molar-refractivity contribution < 1.29 is 24.2 Å². The molecule has 0 radical (unpaired) electrons. The van der Waals surface area contributed by atoms with Crippen LogP contribution < -0.4 is 5.32 Å². The fourth-order valence-corrected chi connectivity index (χ4v) is 5.25. The molecule has 180 valence electrons. The Bertz CT molecular complexity index is 1080. The largest absolute Gasteiger partial charge is 0.480 e. The molecule has 2 N–H and O–H groups in total. The molecule has 4 rings (SSSR count). The van der Waals surface area contributed by atoms with Gasteiger partial charge in [-0.3, -0.25) is 4.79 Å². The minimum absolute atomic E-state index is 0.0856. The highest BCUT2D eigenvalue weighted by Gasteiger charge is 2.51. The monoisotopic (exact) mass is 464 g/mol. The first kappa shape index (κ1) is 23.8. The second-order valence-corrected chi connectivity index (χ2v) is 10.1. The summed E-state index contributed by atoms with van der Waals surface area (Å²) in [6.07, 6.45) is 0.199. The van der Waals surface area contributed by atoms with Gasteiger partial charge in [-0.15, -0.1) is 0 Å². The number of ether oxygens (including phenoxy) is 1. The number of aliphatic carboxylic acids is 1. The van der Waals surface area contributed by atoms with Gasteiger partial charge < -0.3 is 20.1 Å². The molecular formula is C27H32N2O5. The van der Waals surface area contributed by atoms with Gasteiger partial charge in [-0.1, -0.05) is 69.3 Å².